The van der Waals surface area contributed by atoms with E-state index < -0.39 is 0 Å². The lowest BCUT2D eigenvalue weighted by atomic mass is 10.1. The third-order valence-corrected chi connectivity index (χ3v) is 4.66. The Morgan fingerprint density at radius 2 is 2.13 bits per heavy atom. The van der Waals surface area contributed by atoms with Crippen LogP contribution in [0.3, 0.4) is 0 Å². The quantitative estimate of drug-likeness (QED) is 0.598. The number of hydrogen-bond acceptors (Lipinski definition) is 3. The predicted molar refractivity (Wildman–Crippen MR) is 87.1 cm³/mol. The molecule has 0 N–H and O–H groups in total. The first kappa shape index (κ1) is 12.6. The van der Waals surface area contributed by atoms with Crippen molar-refractivity contribution < 1.29 is 0 Å². The minimum Gasteiger partial charge on any atom is -0.296 e. The zero-order chi connectivity index (χ0) is 15.4. The largest absolute Gasteiger partial charge is 0.296 e. The van der Waals surface area contributed by atoms with Crippen LogP contribution in [0.2, 0.25) is 0 Å². The molecule has 0 saturated heterocycles. The third kappa shape index (κ3) is 1.97. The SMILES string of the molecule is O=c1c2ccc(C#Cc3ccccn3)cc2nc2n1CC1CC21. The fraction of sp³-hybridized carbons (Fsp3) is 0.211. The van der Waals surface area contributed by atoms with Crippen molar-refractivity contribution in [3.63, 3.8) is 0 Å². The van der Waals surface area contributed by atoms with E-state index >= 15 is 0 Å². The Kier molecular flexibility index (Phi) is 2.48. The van der Waals surface area contributed by atoms with Crippen LogP contribution in [0.15, 0.2) is 47.4 Å². The summed E-state index contributed by atoms with van der Waals surface area (Å²) in [6, 6.07) is 11.3. The van der Waals surface area contributed by atoms with Crippen molar-refractivity contribution in [2.24, 2.45) is 5.92 Å². The second kappa shape index (κ2) is 4.53. The second-order valence-corrected chi connectivity index (χ2v) is 6.18. The minimum atomic E-state index is 0.0847. The molecule has 2 atom stereocenters. The fourth-order valence-corrected chi connectivity index (χ4v) is 3.35. The summed E-state index contributed by atoms with van der Waals surface area (Å²) in [7, 11) is 0. The van der Waals surface area contributed by atoms with Crippen molar-refractivity contribution in [3.8, 4) is 11.8 Å². The van der Waals surface area contributed by atoms with Gasteiger partial charge in [0.15, 0.2) is 0 Å². The molecule has 1 aliphatic carbocycles. The number of benzene rings is 1. The molecule has 2 unspecified atom stereocenters. The van der Waals surface area contributed by atoms with Crippen LogP contribution >= 0.6 is 0 Å². The maximum atomic E-state index is 12.6. The molecule has 0 bridgehead atoms. The second-order valence-electron chi connectivity index (χ2n) is 6.18. The molecule has 2 aliphatic rings. The van der Waals surface area contributed by atoms with Crippen molar-refractivity contribution >= 4 is 10.9 Å². The van der Waals surface area contributed by atoms with Gasteiger partial charge in [-0.1, -0.05) is 12.0 Å². The third-order valence-electron chi connectivity index (χ3n) is 4.66. The summed E-state index contributed by atoms with van der Waals surface area (Å²) in [5.41, 5.74) is 2.42. The van der Waals surface area contributed by atoms with Gasteiger partial charge in [-0.25, -0.2) is 9.97 Å². The number of nitrogens with zero attached hydrogens (tertiary/aromatic N) is 3. The molecule has 4 nitrogen and oxygen atoms in total. The Hall–Kier alpha value is -2.93. The van der Waals surface area contributed by atoms with Gasteiger partial charge in [0, 0.05) is 24.2 Å². The van der Waals surface area contributed by atoms with E-state index in [9.17, 15) is 4.79 Å². The van der Waals surface area contributed by atoms with E-state index in [1.807, 2.05) is 41.0 Å². The molecule has 4 heteroatoms. The standard InChI is InChI=1S/C19H13N3O/c23-19-15-7-5-12(4-6-14-3-1-2-8-20-14)9-17(15)21-18-16-10-13(16)11-22(18)19/h1-3,5,7-9,13,16H,10-11H2. The van der Waals surface area contributed by atoms with E-state index in [1.165, 1.54) is 6.42 Å². The van der Waals surface area contributed by atoms with Crippen LogP contribution in [-0.4, -0.2) is 14.5 Å². The lowest BCUT2D eigenvalue weighted by molar-refractivity contribution is 0.642. The summed E-state index contributed by atoms with van der Waals surface area (Å²) in [5, 5.41) is 0.679. The van der Waals surface area contributed by atoms with E-state index in [2.05, 4.69) is 16.8 Å². The Morgan fingerprint density at radius 1 is 1.17 bits per heavy atom. The topological polar surface area (TPSA) is 47.8 Å². The van der Waals surface area contributed by atoms with Crippen molar-refractivity contribution in [3.05, 3.63) is 70.0 Å². The highest BCUT2D eigenvalue weighted by molar-refractivity contribution is 5.79. The Balaban J connectivity index is 1.62. The number of rotatable bonds is 0. The zero-order valence-electron chi connectivity index (χ0n) is 12.4. The zero-order valence-corrected chi connectivity index (χ0v) is 12.4. The fourth-order valence-electron chi connectivity index (χ4n) is 3.35. The number of hydrogen-bond donors (Lipinski definition) is 0. The molecule has 0 spiro atoms. The first-order chi connectivity index (χ1) is 11.3. The summed E-state index contributed by atoms with van der Waals surface area (Å²) in [6.45, 7) is 0.836. The summed E-state index contributed by atoms with van der Waals surface area (Å²) >= 11 is 0. The van der Waals surface area contributed by atoms with Crippen LogP contribution in [0.1, 0.15) is 29.4 Å². The van der Waals surface area contributed by atoms with Gasteiger partial charge in [0.25, 0.3) is 5.56 Å². The van der Waals surface area contributed by atoms with E-state index in [4.69, 9.17) is 4.98 Å². The van der Waals surface area contributed by atoms with Gasteiger partial charge in [0.1, 0.15) is 11.5 Å². The Morgan fingerprint density at radius 3 is 3.00 bits per heavy atom. The lowest BCUT2D eigenvalue weighted by Crippen LogP contribution is -2.22. The monoisotopic (exact) mass is 299 g/mol. The van der Waals surface area contributed by atoms with Crippen LogP contribution < -0.4 is 5.56 Å². The van der Waals surface area contributed by atoms with Gasteiger partial charge in [-0.2, -0.15) is 0 Å². The molecule has 1 aliphatic heterocycles. The van der Waals surface area contributed by atoms with Gasteiger partial charge in [-0.05, 0) is 48.6 Å². The molecule has 3 heterocycles. The number of fused-ring (bicyclic) bond motifs is 4. The van der Waals surface area contributed by atoms with Crippen LogP contribution in [0.25, 0.3) is 10.9 Å². The van der Waals surface area contributed by atoms with E-state index in [1.54, 1.807) is 6.20 Å². The first-order valence-corrected chi connectivity index (χ1v) is 7.77. The van der Waals surface area contributed by atoms with Crippen LogP contribution in [0.5, 0.6) is 0 Å². The van der Waals surface area contributed by atoms with Gasteiger partial charge >= 0.3 is 0 Å². The van der Waals surface area contributed by atoms with Crippen molar-refractivity contribution in [2.45, 2.75) is 18.9 Å². The number of aromatic nitrogens is 3. The minimum absolute atomic E-state index is 0.0847. The van der Waals surface area contributed by atoms with Gasteiger partial charge in [-0.3, -0.25) is 9.36 Å². The maximum Gasteiger partial charge on any atom is 0.261 e. The molecule has 1 saturated carbocycles. The molecule has 23 heavy (non-hydrogen) atoms. The molecular weight excluding hydrogens is 286 g/mol. The molecule has 1 fully saturated rings. The smallest absolute Gasteiger partial charge is 0.261 e. The highest BCUT2D eigenvalue weighted by atomic mass is 16.1. The Labute approximate surface area is 132 Å². The molecular formula is C19H13N3O. The van der Waals surface area contributed by atoms with Gasteiger partial charge in [0.05, 0.1) is 10.9 Å². The van der Waals surface area contributed by atoms with E-state index in [-0.39, 0.29) is 5.56 Å². The summed E-state index contributed by atoms with van der Waals surface area (Å²) in [6.07, 6.45) is 2.90. The molecule has 2 aromatic heterocycles. The first-order valence-electron chi connectivity index (χ1n) is 7.77. The number of pyridine rings is 1. The van der Waals surface area contributed by atoms with Crippen LogP contribution in [0, 0.1) is 17.8 Å². The van der Waals surface area contributed by atoms with Crippen LogP contribution in [0.4, 0.5) is 0 Å². The van der Waals surface area contributed by atoms with E-state index in [0.29, 0.717) is 17.2 Å². The molecule has 110 valence electrons. The Bertz CT molecular complexity index is 1060. The molecule has 0 radical (unpaired) electrons. The summed E-state index contributed by atoms with van der Waals surface area (Å²) < 4.78 is 1.85. The van der Waals surface area contributed by atoms with Gasteiger partial charge < -0.3 is 0 Å². The highest BCUT2D eigenvalue weighted by Gasteiger charge is 2.47. The van der Waals surface area contributed by atoms with Crippen LogP contribution in [-0.2, 0) is 6.54 Å². The molecule has 1 aromatic carbocycles. The summed E-state index contributed by atoms with van der Waals surface area (Å²) in [4.78, 5) is 21.5. The molecule has 5 rings (SSSR count). The highest BCUT2D eigenvalue weighted by Crippen LogP contribution is 2.52. The van der Waals surface area contributed by atoms with Crippen molar-refractivity contribution in [1.82, 2.24) is 14.5 Å². The van der Waals surface area contributed by atoms with Gasteiger partial charge in [0.2, 0.25) is 0 Å². The summed E-state index contributed by atoms with van der Waals surface area (Å²) in [5.74, 6) is 8.23. The molecule has 0 amide bonds. The normalized spacial score (nSPS) is 20.5. The van der Waals surface area contributed by atoms with E-state index in [0.717, 1.165) is 29.1 Å². The maximum absolute atomic E-state index is 12.6. The average Bonchev–Trinajstić information content (AvgIpc) is 3.27. The predicted octanol–water partition coefficient (Wildman–Crippen LogP) is 2.31. The average molecular weight is 299 g/mol. The van der Waals surface area contributed by atoms with Gasteiger partial charge in [-0.15, -0.1) is 0 Å². The van der Waals surface area contributed by atoms with Crippen molar-refractivity contribution in [2.75, 3.05) is 0 Å². The lowest BCUT2D eigenvalue weighted by Gasteiger charge is -2.07. The molecule has 3 aromatic rings. The van der Waals surface area contributed by atoms with Crippen molar-refractivity contribution in [1.29, 1.82) is 0 Å².